The van der Waals surface area contributed by atoms with Crippen LogP contribution in [0.25, 0.3) is 22.4 Å². The summed E-state index contributed by atoms with van der Waals surface area (Å²) < 4.78 is 24.8. The molecule has 3 aliphatic heterocycles. The van der Waals surface area contributed by atoms with Crippen molar-refractivity contribution in [2.24, 2.45) is 5.92 Å². The number of thioether (sulfide) groups is 1. The van der Waals surface area contributed by atoms with Gasteiger partial charge >= 0.3 is 13.5 Å². The number of nitrogens with zero attached hydrogens (tertiary/aromatic N) is 6. The van der Waals surface area contributed by atoms with Gasteiger partial charge in [0.25, 0.3) is 5.69 Å². The zero-order valence-electron chi connectivity index (χ0n) is 40.5. The van der Waals surface area contributed by atoms with Crippen LogP contribution in [0.1, 0.15) is 60.8 Å². The Hall–Kier alpha value is -5.60. The molecule has 0 saturated carbocycles. The van der Waals surface area contributed by atoms with Crippen molar-refractivity contribution < 1.29 is 29.0 Å². The van der Waals surface area contributed by atoms with Crippen molar-refractivity contribution >= 4 is 64.9 Å². The van der Waals surface area contributed by atoms with E-state index in [1.165, 1.54) is 6.07 Å². The van der Waals surface area contributed by atoms with Gasteiger partial charge in [-0.3, -0.25) is 19.3 Å². The maximum Gasteiger partial charge on any atom is 0.338 e. The molecule has 3 fully saturated rings. The summed E-state index contributed by atoms with van der Waals surface area (Å²) in [6, 6.07) is 38.9. The molecule has 0 radical (unpaired) electrons. The first kappa shape index (κ1) is 50.3. The number of benzene rings is 5. The molecule has 0 aliphatic carbocycles. The van der Waals surface area contributed by atoms with Crippen LogP contribution in [0.4, 0.5) is 22.7 Å². The van der Waals surface area contributed by atoms with E-state index in [4.69, 9.17) is 16.1 Å². The van der Waals surface area contributed by atoms with Gasteiger partial charge in [0.2, 0.25) is 0 Å². The molecule has 4 heterocycles. The van der Waals surface area contributed by atoms with Crippen molar-refractivity contribution in [1.29, 1.82) is 0 Å². The van der Waals surface area contributed by atoms with Crippen molar-refractivity contribution in [3.8, 4) is 22.4 Å². The van der Waals surface area contributed by atoms with Gasteiger partial charge in [-0.05, 0) is 137 Å². The highest BCUT2D eigenvalue weighted by Crippen LogP contribution is 2.56. The second kappa shape index (κ2) is 22.0. The van der Waals surface area contributed by atoms with E-state index in [1.807, 2.05) is 85.8 Å². The Kier molecular flexibility index (Phi) is 15.6. The predicted molar refractivity (Wildman–Crippen MR) is 288 cm³/mol. The number of hydrogen-bond donors (Lipinski definition) is 2. The molecule has 5 aromatic carbocycles. The number of rotatable bonds is 17. The molecule has 1 unspecified atom stereocenters. The van der Waals surface area contributed by atoms with Crippen LogP contribution in [-0.2, 0) is 15.5 Å². The summed E-state index contributed by atoms with van der Waals surface area (Å²) in [5.74, 6) is -0.0140. The van der Waals surface area contributed by atoms with Crippen LogP contribution in [0.2, 0.25) is 5.02 Å². The van der Waals surface area contributed by atoms with E-state index in [2.05, 4.69) is 57.4 Å². The van der Waals surface area contributed by atoms with Crippen LogP contribution in [0.5, 0.6) is 0 Å². The van der Waals surface area contributed by atoms with Crippen LogP contribution in [-0.4, -0.2) is 101 Å². The Morgan fingerprint density at radius 1 is 0.831 bits per heavy atom. The number of piperazine rings is 1. The highest BCUT2D eigenvalue weighted by molar-refractivity contribution is 7.99. The number of aliphatic hydroxyl groups excluding tert-OH is 1. The van der Waals surface area contributed by atoms with Crippen molar-refractivity contribution in [2.75, 3.05) is 79.2 Å². The van der Waals surface area contributed by atoms with Gasteiger partial charge in [0.15, 0.2) is 0 Å². The molecule has 13 nitrogen and oxygen atoms in total. The van der Waals surface area contributed by atoms with E-state index < -0.39 is 13.5 Å². The Bertz CT molecular complexity index is 2890. The fourth-order valence-electron chi connectivity index (χ4n) is 10.5. The maximum absolute atomic E-state index is 14.9. The lowest BCUT2D eigenvalue weighted by atomic mass is 9.96. The number of carboxylic acid groups (broad SMARTS) is 1. The molecule has 0 spiro atoms. The van der Waals surface area contributed by atoms with Crippen LogP contribution in [0, 0.1) is 23.0 Å². The normalized spacial score (nSPS) is 18.4. The summed E-state index contributed by atoms with van der Waals surface area (Å²) in [7, 11) is -3.68. The molecule has 1 aromatic heterocycles. The number of anilines is 3. The van der Waals surface area contributed by atoms with E-state index in [0.29, 0.717) is 45.7 Å². The largest absolute Gasteiger partial charge is 0.478 e. The molecule has 16 heteroatoms. The lowest BCUT2D eigenvalue weighted by Gasteiger charge is -2.37. The standard InChI is InChI=1S/C55H62ClN6O7PS/c1-38(2)61-39(3)52(55(64)65)53(54(61)41-12-15-44(56)16-13-41)43-8-7-9-47(35-43)59-30-28-58(29-31-59)45-17-19-46(20-18-45)60-32-33-69-70(60,68)49-21-14-42(51(36-49)62(66)67)34-40(37-71-50-10-5-4-6-11-50)22-25-57-26-23-48(63)24-27-57/h4-21,35-36,38,40,48,63H,22-34,37H2,1-3H3,(H,64,65)/t40-,70?/m0/s1. The molecule has 0 bridgehead atoms. The molecule has 2 atom stereocenters. The number of carbonyl (C=O) groups is 1. The monoisotopic (exact) mass is 1020 g/mol. The number of likely N-dealkylation sites (tertiary alicyclic amines) is 1. The van der Waals surface area contributed by atoms with Gasteiger partial charge in [-0.1, -0.05) is 60.1 Å². The van der Waals surface area contributed by atoms with Gasteiger partial charge in [0.1, 0.15) is 0 Å². The van der Waals surface area contributed by atoms with E-state index in [1.54, 1.807) is 28.6 Å². The summed E-state index contributed by atoms with van der Waals surface area (Å²) in [5.41, 5.74) is 7.61. The number of halogens is 1. The van der Waals surface area contributed by atoms with E-state index in [9.17, 15) is 29.7 Å². The minimum Gasteiger partial charge on any atom is -0.478 e. The quantitative estimate of drug-likeness (QED) is 0.0388. The molecule has 3 aliphatic rings. The second-order valence-electron chi connectivity index (χ2n) is 19.1. The summed E-state index contributed by atoms with van der Waals surface area (Å²) in [4.78, 5) is 33.5. The van der Waals surface area contributed by atoms with Crippen LogP contribution in [0.15, 0.2) is 126 Å². The SMILES string of the molecule is Cc1c(C(=O)O)c(-c2cccc(N3CCN(c4ccc(N5CCOP5(=O)c5ccc(C[C@H](CCN6CCC(O)CC6)CSc6ccccc6)c([N+](=O)[O-])c5)cc4)CC3)c2)c(-c2ccc(Cl)cc2)n1C(C)C. The molecule has 3 saturated heterocycles. The Morgan fingerprint density at radius 3 is 2.17 bits per heavy atom. The average Bonchev–Trinajstić information content (AvgIpc) is 3.93. The lowest BCUT2D eigenvalue weighted by molar-refractivity contribution is -0.385. The number of carboxylic acids is 1. The zero-order chi connectivity index (χ0) is 49.8. The van der Waals surface area contributed by atoms with Gasteiger partial charge in [0, 0.05) is 101 Å². The van der Waals surface area contributed by atoms with Crippen LogP contribution >= 0.6 is 30.9 Å². The number of nitro benzene ring substituents is 1. The Labute approximate surface area is 425 Å². The van der Waals surface area contributed by atoms with Gasteiger partial charge in [-0.2, -0.15) is 0 Å². The lowest BCUT2D eigenvalue weighted by Crippen LogP contribution is -2.46. The van der Waals surface area contributed by atoms with Crippen LogP contribution in [0.3, 0.4) is 0 Å². The summed E-state index contributed by atoms with van der Waals surface area (Å²) in [6.07, 6.45) is 2.65. The molecule has 372 valence electrons. The minimum atomic E-state index is -3.68. The zero-order valence-corrected chi connectivity index (χ0v) is 43.0. The van der Waals surface area contributed by atoms with E-state index >= 15 is 0 Å². The smallest absolute Gasteiger partial charge is 0.338 e. The first-order chi connectivity index (χ1) is 34.3. The summed E-state index contributed by atoms with van der Waals surface area (Å²) >= 11 is 8.04. The fourth-order valence-corrected chi connectivity index (χ4v) is 13.9. The van der Waals surface area contributed by atoms with Gasteiger partial charge in [0.05, 0.1) is 40.7 Å². The van der Waals surface area contributed by atoms with Crippen molar-refractivity contribution in [1.82, 2.24) is 9.47 Å². The topological polar surface area (TPSA) is 145 Å². The number of aromatic carboxylic acids is 1. The third-order valence-electron chi connectivity index (χ3n) is 14.2. The summed E-state index contributed by atoms with van der Waals surface area (Å²) in [5, 5.41) is 34.3. The highest BCUT2D eigenvalue weighted by Gasteiger charge is 2.41. The maximum atomic E-state index is 14.9. The molecule has 2 N–H and O–H groups in total. The van der Waals surface area contributed by atoms with Crippen molar-refractivity contribution in [3.05, 3.63) is 153 Å². The van der Waals surface area contributed by atoms with Gasteiger partial charge in [-0.15, -0.1) is 11.8 Å². The van der Waals surface area contributed by atoms with Gasteiger partial charge in [-0.25, -0.2) is 4.79 Å². The third kappa shape index (κ3) is 11.1. The summed E-state index contributed by atoms with van der Waals surface area (Å²) in [6.45, 7) is 12.2. The average molecular weight is 1020 g/mol. The molecular weight excluding hydrogens is 955 g/mol. The number of piperidine rings is 1. The first-order valence-electron chi connectivity index (χ1n) is 24.6. The number of hydrogen-bond acceptors (Lipinski definition) is 10. The molecule has 9 rings (SSSR count). The van der Waals surface area contributed by atoms with Crippen LogP contribution < -0.4 is 19.8 Å². The van der Waals surface area contributed by atoms with Crippen molar-refractivity contribution in [3.63, 3.8) is 0 Å². The van der Waals surface area contributed by atoms with Crippen molar-refractivity contribution in [2.45, 2.75) is 63.5 Å². The minimum absolute atomic E-state index is 0.0183. The molecular formula is C55H62ClN6O7PS. The third-order valence-corrected chi connectivity index (χ3v) is 18.2. The molecule has 71 heavy (non-hydrogen) atoms. The predicted octanol–water partition coefficient (Wildman–Crippen LogP) is 11.5. The molecule has 6 aromatic rings. The Balaban J connectivity index is 0.885. The number of aliphatic hydroxyl groups is 1. The van der Waals surface area contributed by atoms with E-state index in [-0.39, 0.29) is 35.3 Å². The van der Waals surface area contributed by atoms with Gasteiger partial charge < -0.3 is 34.0 Å². The first-order valence-corrected chi connectivity index (χ1v) is 27.5. The fraction of sp³-hybridized carbons (Fsp3) is 0.364. The number of nitro groups is 1. The highest BCUT2D eigenvalue weighted by atomic mass is 35.5. The van der Waals surface area contributed by atoms with E-state index in [0.717, 1.165) is 110 Å². The Morgan fingerprint density at radius 2 is 1.51 bits per heavy atom. The molecule has 0 amide bonds. The number of aromatic nitrogens is 1. The second-order valence-corrected chi connectivity index (χ2v) is 22.9.